The highest BCUT2D eigenvalue weighted by Crippen LogP contribution is 2.30. The first-order valence-electron chi connectivity index (χ1n) is 3.21. The maximum Gasteiger partial charge on any atom is 0.417 e. The number of rotatable bonds is 1. The van der Waals surface area contributed by atoms with Crippen molar-refractivity contribution in [1.29, 1.82) is 0 Å². The Balaban J connectivity index is 3.06. The van der Waals surface area contributed by atoms with Gasteiger partial charge in [0.2, 0.25) is 0 Å². The number of hydrogen-bond acceptors (Lipinski definition) is 1. The first-order valence-corrected chi connectivity index (χ1v) is 3.21. The van der Waals surface area contributed by atoms with E-state index in [2.05, 4.69) is 4.98 Å². The third kappa shape index (κ3) is 2.37. The SMILES string of the molecule is FC(F)c1cncc(C(F)(F)F)c1. The molecule has 0 N–H and O–H groups in total. The van der Waals surface area contributed by atoms with E-state index in [-0.39, 0.29) is 0 Å². The molecule has 0 aliphatic carbocycles. The van der Waals surface area contributed by atoms with Gasteiger partial charge in [0, 0.05) is 18.0 Å². The average Bonchev–Trinajstić information content (AvgIpc) is 2.03. The first-order chi connectivity index (χ1) is 5.91. The quantitative estimate of drug-likeness (QED) is 0.630. The minimum Gasteiger partial charge on any atom is -0.264 e. The standard InChI is InChI=1S/C7H4F5N/c8-6(9)4-1-5(3-13-2-4)7(10,11)12/h1-3,6H. The van der Waals surface area contributed by atoms with Crippen molar-refractivity contribution in [3.05, 3.63) is 29.6 Å². The highest BCUT2D eigenvalue weighted by atomic mass is 19.4. The number of aromatic nitrogens is 1. The van der Waals surface area contributed by atoms with Crippen molar-refractivity contribution < 1.29 is 22.0 Å². The molecule has 0 amide bonds. The van der Waals surface area contributed by atoms with Gasteiger partial charge in [0.15, 0.2) is 0 Å². The van der Waals surface area contributed by atoms with Crippen molar-refractivity contribution in [2.45, 2.75) is 12.6 Å². The average molecular weight is 197 g/mol. The van der Waals surface area contributed by atoms with Gasteiger partial charge >= 0.3 is 6.18 Å². The van der Waals surface area contributed by atoms with Crippen LogP contribution in [0.15, 0.2) is 18.5 Å². The lowest BCUT2D eigenvalue weighted by atomic mass is 10.2. The van der Waals surface area contributed by atoms with Crippen LogP contribution in [0, 0.1) is 0 Å². The van der Waals surface area contributed by atoms with Gasteiger partial charge in [-0.25, -0.2) is 8.78 Å². The lowest BCUT2D eigenvalue weighted by Crippen LogP contribution is -2.06. The van der Waals surface area contributed by atoms with Crippen LogP contribution >= 0.6 is 0 Å². The zero-order chi connectivity index (χ0) is 10.1. The molecule has 0 aromatic carbocycles. The second kappa shape index (κ2) is 3.27. The fourth-order valence-electron chi connectivity index (χ4n) is 0.732. The van der Waals surface area contributed by atoms with Crippen LogP contribution in [0.5, 0.6) is 0 Å². The van der Waals surface area contributed by atoms with Crippen molar-refractivity contribution in [3.63, 3.8) is 0 Å². The number of hydrogen-bond donors (Lipinski definition) is 0. The summed E-state index contributed by atoms with van der Waals surface area (Å²) >= 11 is 0. The Morgan fingerprint density at radius 1 is 1.15 bits per heavy atom. The van der Waals surface area contributed by atoms with Gasteiger partial charge in [-0.2, -0.15) is 13.2 Å². The predicted molar refractivity (Wildman–Crippen MR) is 34.2 cm³/mol. The van der Waals surface area contributed by atoms with Crippen LogP contribution in [0.25, 0.3) is 0 Å². The maximum absolute atomic E-state index is 11.9. The summed E-state index contributed by atoms with van der Waals surface area (Å²) in [7, 11) is 0. The fraction of sp³-hybridized carbons (Fsp3) is 0.286. The number of halogens is 5. The largest absolute Gasteiger partial charge is 0.417 e. The lowest BCUT2D eigenvalue weighted by molar-refractivity contribution is -0.137. The van der Waals surface area contributed by atoms with Crippen LogP contribution in [-0.4, -0.2) is 4.98 Å². The van der Waals surface area contributed by atoms with Crippen molar-refractivity contribution in [2.75, 3.05) is 0 Å². The van der Waals surface area contributed by atoms with E-state index in [1.165, 1.54) is 0 Å². The molecule has 0 atom stereocenters. The Hall–Kier alpha value is -1.20. The van der Waals surface area contributed by atoms with Crippen molar-refractivity contribution >= 4 is 0 Å². The summed E-state index contributed by atoms with van der Waals surface area (Å²) in [6.07, 6.45) is -6.35. The zero-order valence-corrected chi connectivity index (χ0v) is 6.15. The molecule has 6 heteroatoms. The normalized spacial score (nSPS) is 12.2. The maximum atomic E-state index is 11.9. The van der Waals surface area contributed by atoms with Crippen LogP contribution in [0.3, 0.4) is 0 Å². The number of pyridine rings is 1. The van der Waals surface area contributed by atoms with Crippen LogP contribution in [0.1, 0.15) is 17.6 Å². The van der Waals surface area contributed by atoms with E-state index in [4.69, 9.17) is 0 Å². The van der Waals surface area contributed by atoms with Gasteiger partial charge in [0.1, 0.15) is 0 Å². The molecule has 1 heterocycles. The summed E-state index contributed by atoms with van der Waals surface area (Å²) in [5.41, 5.74) is -1.89. The highest BCUT2D eigenvalue weighted by Gasteiger charge is 2.31. The molecule has 1 rings (SSSR count). The van der Waals surface area contributed by atoms with E-state index >= 15 is 0 Å². The van der Waals surface area contributed by atoms with Crippen molar-refractivity contribution in [1.82, 2.24) is 4.98 Å². The molecule has 1 nitrogen and oxygen atoms in total. The van der Waals surface area contributed by atoms with E-state index in [0.29, 0.717) is 18.5 Å². The molecular weight excluding hydrogens is 193 g/mol. The molecule has 0 bridgehead atoms. The topological polar surface area (TPSA) is 12.9 Å². The van der Waals surface area contributed by atoms with E-state index in [1.807, 2.05) is 0 Å². The molecule has 1 aromatic rings. The minimum atomic E-state index is -4.63. The minimum absolute atomic E-state index is 0.387. The van der Waals surface area contributed by atoms with Crippen LogP contribution in [-0.2, 0) is 6.18 Å². The van der Waals surface area contributed by atoms with Gasteiger partial charge in [-0.05, 0) is 6.07 Å². The number of nitrogens with zero attached hydrogens (tertiary/aromatic N) is 1. The molecule has 0 spiro atoms. The molecule has 0 aliphatic rings. The van der Waals surface area contributed by atoms with Gasteiger partial charge in [-0.3, -0.25) is 4.98 Å². The summed E-state index contributed by atoms with van der Waals surface area (Å²) in [6, 6.07) is 0.387. The summed E-state index contributed by atoms with van der Waals surface area (Å²) in [6.45, 7) is 0. The lowest BCUT2D eigenvalue weighted by Gasteiger charge is -2.06. The van der Waals surface area contributed by atoms with Crippen molar-refractivity contribution in [2.24, 2.45) is 0 Å². The van der Waals surface area contributed by atoms with Gasteiger partial charge in [-0.1, -0.05) is 0 Å². The van der Waals surface area contributed by atoms with Crippen molar-refractivity contribution in [3.8, 4) is 0 Å². The third-order valence-corrected chi connectivity index (χ3v) is 1.34. The smallest absolute Gasteiger partial charge is 0.264 e. The summed E-state index contributed by atoms with van der Waals surface area (Å²) in [5.74, 6) is 0. The van der Waals surface area contributed by atoms with Crippen LogP contribution < -0.4 is 0 Å². The Bertz CT molecular complexity index is 293. The fourth-order valence-corrected chi connectivity index (χ4v) is 0.732. The highest BCUT2D eigenvalue weighted by molar-refractivity contribution is 5.21. The van der Waals surface area contributed by atoms with Gasteiger partial charge < -0.3 is 0 Å². The molecule has 0 saturated heterocycles. The Kier molecular flexibility index (Phi) is 2.49. The van der Waals surface area contributed by atoms with E-state index in [9.17, 15) is 22.0 Å². The van der Waals surface area contributed by atoms with Gasteiger partial charge in [0.05, 0.1) is 5.56 Å². The molecule has 0 fully saturated rings. The molecule has 0 radical (unpaired) electrons. The molecule has 13 heavy (non-hydrogen) atoms. The summed E-state index contributed by atoms with van der Waals surface area (Å²) in [5, 5.41) is 0. The molecule has 0 aliphatic heterocycles. The van der Waals surface area contributed by atoms with Crippen LogP contribution in [0.2, 0.25) is 0 Å². The molecule has 72 valence electrons. The predicted octanol–water partition coefficient (Wildman–Crippen LogP) is 3.04. The third-order valence-electron chi connectivity index (χ3n) is 1.34. The molecule has 0 unspecified atom stereocenters. The number of alkyl halides is 5. The Morgan fingerprint density at radius 2 is 1.77 bits per heavy atom. The van der Waals surface area contributed by atoms with E-state index < -0.39 is 23.7 Å². The summed E-state index contributed by atoms with van der Waals surface area (Å²) in [4.78, 5) is 3.07. The Morgan fingerprint density at radius 3 is 2.23 bits per heavy atom. The van der Waals surface area contributed by atoms with E-state index in [0.717, 1.165) is 0 Å². The Labute approximate surface area is 70.2 Å². The second-order valence-corrected chi connectivity index (χ2v) is 2.31. The molecular formula is C7H4F5N. The van der Waals surface area contributed by atoms with Gasteiger partial charge in [0.25, 0.3) is 6.43 Å². The van der Waals surface area contributed by atoms with Gasteiger partial charge in [-0.15, -0.1) is 0 Å². The van der Waals surface area contributed by atoms with Crippen LogP contribution in [0.4, 0.5) is 22.0 Å². The second-order valence-electron chi connectivity index (χ2n) is 2.31. The summed E-state index contributed by atoms with van der Waals surface area (Å²) < 4.78 is 59.7. The first kappa shape index (κ1) is 9.88. The van der Waals surface area contributed by atoms with E-state index in [1.54, 1.807) is 0 Å². The zero-order valence-electron chi connectivity index (χ0n) is 6.15. The molecule has 0 saturated carbocycles. The molecule has 1 aromatic heterocycles. The monoisotopic (exact) mass is 197 g/mol.